The van der Waals surface area contributed by atoms with Gasteiger partial charge in [-0.15, -0.1) is 0 Å². The number of nitrogens with one attached hydrogen (secondary N) is 2. The first kappa shape index (κ1) is 15.3. The van der Waals surface area contributed by atoms with Gasteiger partial charge >= 0.3 is 0 Å². The van der Waals surface area contributed by atoms with Crippen molar-refractivity contribution >= 4 is 0 Å². The zero-order chi connectivity index (χ0) is 14.2. The van der Waals surface area contributed by atoms with Gasteiger partial charge in [-0.1, -0.05) is 12.1 Å². The highest BCUT2D eigenvalue weighted by Gasteiger charge is 2.23. The third-order valence-corrected chi connectivity index (χ3v) is 3.52. The Balaban J connectivity index is 1.68. The summed E-state index contributed by atoms with van der Waals surface area (Å²) in [5.41, 5.74) is 1.21. The van der Waals surface area contributed by atoms with Gasteiger partial charge in [0.2, 0.25) is 0 Å². The third-order valence-electron chi connectivity index (χ3n) is 3.52. The number of benzene rings is 1. The smallest absolute Gasteiger partial charge is 0.119 e. The van der Waals surface area contributed by atoms with Gasteiger partial charge in [0.15, 0.2) is 0 Å². The molecule has 2 rings (SSSR count). The van der Waals surface area contributed by atoms with Gasteiger partial charge in [0.25, 0.3) is 0 Å². The summed E-state index contributed by atoms with van der Waals surface area (Å²) in [6, 6.07) is 8.05. The summed E-state index contributed by atoms with van der Waals surface area (Å²) in [4.78, 5) is 0. The van der Waals surface area contributed by atoms with Crippen molar-refractivity contribution < 1.29 is 14.6 Å². The van der Waals surface area contributed by atoms with Crippen LogP contribution in [0.25, 0.3) is 0 Å². The maximum atomic E-state index is 9.70. The normalized spacial score (nSPS) is 22.1. The van der Waals surface area contributed by atoms with E-state index in [0.717, 1.165) is 25.4 Å². The molecule has 2 atom stereocenters. The molecule has 1 aromatic rings. The first-order valence-electron chi connectivity index (χ1n) is 7.10. The molecule has 0 bridgehead atoms. The molecule has 0 aliphatic carbocycles. The molecule has 0 amide bonds. The largest absolute Gasteiger partial charge is 0.491 e. The lowest BCUT2D eigenvalue weighted by Gasteiger charge is -2.14. The van der Waals surface area contributed by atoms with Crippen molar-refractivity contribution in [2.75, 3.05) is 40.0 Å². The maximum Gasteiger partial charge on any atom is 0.119 e. The molecule has 3 N–H and O–H groups in total. The molecule has 1 fully saturated rings. The molecule has 1 heterocycles. The van der Waals surface area contributed by atoms with E-state index in [2.05, 4.69) is 22.8 Å². The summed E-state index contributed by atoms with van der Waals surface area (Å²) in [7, 11) is 1.66. The number of rotatable bonds is 8. The molecule has 1 aliphatic heterocycles. The Labute approximate surface area is 120 Å². The van der Waals surface area contributed by atoms with Gasteiger partial charge in [0, 0.05) is 39.2 Å². The van der Waals surface area contributed by atoms with Crippen molar-refractivity contribution in [1.82, 2.24) is 10.6 Å². The van der Waals surface area contributed by atoms with Crippen molar-refractivity contribution in [3.63, 3.8) is 0 Å². The quantitative estimate of drug-likeness (QED) is 0.601. The molecular formula is C15H24N2O3. The van der Waals surface area contributed by atoms with Crippen LogP contribution in [-0.2, 0) is 11.3 Å². The van der Waals surface area contributed by atoms with Crippen molar-refractivity contribution in [2.45, 2.75) is 12.6 Å². The van der Waals surface area contributed by atoms with Crippen LogP contribution in [0.1, 0.15) is 5.56 Å². The minimum atomic E-state index is -0.223. The number of hydrogen-bond acceptors (Lipinski definition) is 5. The van der Waals surface area contributed by atoms with Crippen molar-refractivity contribution in [3.8, 4) is 5.75 Å². The lowest BCUT2D eigenvalue weighted by atomic mass is 10.1. The van der Waals surface area contributed by atoms with Gasteiger partial charge in [0.05, 0.1) is 12.7 Å². The number of ether oxygens (including phenoxy) is 2. The second-order valence-electron chi connectivity index (χ2n) is 5.10. The van der Waals surface area contributed by atoms with E-state index in [-0.39, 0.29) is 6.10 Å². The Hall–Kier alpha value is -1.14. The summed E-state index contributed by atoms with van der Waals surface area (Å²) in [5, 5.41) is 16.3. The van der Waals surface area contributed by atoms with Gasteiger partial charge in [-0.2, -0.15) is 0 Å². The van der Waals surface area contributed by atoms with E-state index < -0.39 is 0 Å². The van der Waals surface area contributed by atoms with Gasteiger partial charge in [0.1, 0.15) is 12.4 Å². The average molecular weight is 280 g/mol. The molecule has 112 valence electrons. The molecule has 1 aromatic carbocycles. The summed E-state index contributed by atoms with van der Waals surface area (Å²) in [6.07, 6.45) is -0.223. The molecule has 0 saturated carbocycles. The van der Waals surface area contributed by atoms with Crippen LogP contribution in [0.2, 0.25) is 0 Å². The molecule has 0 aromatic heterocycles. The standard InChI is InChI=1S/C15H24N2O3/c1-19-6-7-20-14-4-2-12(3-5-14)8-16-9-13-10-17-11-15(13)18/h2-5,13,15-18H,6-11H2,1H3. The van der Waals surface area contributed by atoms with Gasteiger partial charge in [-0.3, -0.25) is 0 Å². The summed E-state index contributed by atoms with van der Waals surface area (Å²) in [5.74, 6) is 1.17. The first-order valence-corrected chi connectivity index (χ1v) is 7.10. The predicted molar refractivity (Wildman–Crippen MR) is 77.9 cm³/mol. The van der Waals surface area contributed by atoms with E-state index in [0.29, 0.717) is 25.7 Å². The van der Waals surface area contributed by atoms with Crippen LogP contribution in [0, 0.1) is 5.92 Å². The van der Waals surface area contributed by atoms with Crippen LogP contribution in [-0.4, -0.2) is 51.2 Å². The lowest BCUT2D eigenvalue weighted by molar-refractivity contribution is 0.146. The van der Waals surface area contributed by atoms with Crippen LogP contribution in [0.5, 0.6) is 5.75 Å². The molecule has 5 heteroatoms. The van der Waals surface area contributed by atoms with E-state index >= 15 is 0 Å². The second kappa shape index (κ2) is 8.21. The van der Waals surface area contributed by atoms with E-state index in [1.165, 1.54) is 5.56 Å². The fourth-order valence-corrected chi connectivity index (χ4v) is 2.28. The SMILES string of the molecule is COCCOc1ccc(CNCC2CNCC2O)cc1. The minimum Gasteiger partial charge on any atom is -0.491 e. The zero-order valence-electron chi connectivity index (χ0n) is 12.0. The summed E-state index contributed by atoms with van der Waals surface area (Å²) < 4.78 is 10.5. The molecule has 1 aliphatic rings. The summed E-state index contributed by atoms with van der Waals surface area (Å²) >= 11 is 0. The van der Waals surface area contributed by atoms with Crippen LogP contribution in [0.3, 0.4) is 0 Å². The Morgan fingerprint density at radius 3 is 2.70 bits per heavy atom. The van der Waals surface area contributed by atoms with E-state index in [9.17, 15) is 5.11 Å². The number of aliphatic hydroxyl groups excluding tert-OH is 1. The van der Waals surface area contributed by atoms with E-state index in [1.54, 1.807) is 7.11 Å². The molecular weight excluding hydrogens is 256 g/mol. The number of hydrogen-bond donors (Lipinski definition) is 3. The fourth-order valence-electron chi connectivity index (χ4n) is 2.28. The van der Waals surface area contributed by atoms with Gasteiger partial charge in [-0.05, 0) is 17.7 Å². The fraction of sp³-hybridized carbons (Fsp3) is 0.600. The van der Waals surface area contributed by atoms with Crippen LogP contribution in [0.4, 0.5) is 0 Å². The Morgan fingerprint density at radius 1 is 1.25 bits per heavy atom. The van der Waals surface area contributed by atoms with E-state index in [1.807, 2.05) is 12.1 Å². The van der Waals surface area contributed by atoms with Crippen molar-refractivity contribution in [3.05, 3.63) is 29.8 Å². The van der Waals surface area contributed by atoms with Crippen molar-refractivity contribution in [2.24, 2.45) is 5.92 Å². The predicted octanol–water partition coefficient (Wildman–Crippen LogP) is 0.382. The van der Waals surface area contributed by atoms with Crippen LogP contribution in [0.15, 0.2) is 24.3 Å². The number of β-amino-alcohol motifs (C(OH)–C–C–N with tert-alkyl or cyclic N) is 1. The number of aliphatic hydroxyl groups is 1. The minimum absolute atomic E-state index is 0.223. The van der Waals surface area contributed by atoms with Gasteiger partial charge in [-0.25, -0.2) is 0 Å². The number of methoxy groups -OCH3 is 1. The highest BCUT2D eigenvalue weighted by molar-refractivity contribution is 5.27. The van der Waals surface area contributed by atoms with E-state index in [4.69, 9.17) is 9.47 Å². The Kier molecular flexibility index (Phi) is 6.26. The Morgan fingerprint density at radius 2 is 2.05 bits per heavy atom. The average Bonchev–Trinajstić information content (AvgIpc) is 2.87. The molecule has 0 spiro atoms. The zero-order valence-corrected chi connectivity index (χ0v) is 12.0. The molecule has 20 heavy (non-hydrogen) atoms. The highest BCUT2D eigenvalue weighted by Crippen LogP contribution is 2.12. The highest BCUT2D eigenvalue weighted by atomic mass is 16.5. The van der Waals surface area contributed by atoms with Crippen LogP contribution >= 0.6 is 0 Å². The topological polar surface area (TPSA) is 62.8 Å². The maximum absolute atomic E-state index is 9.70. The van der Waals surface area contributed by atoms with Gasteiger partial charge < -0.3 is 25.2 Å². The lowest BCUT2D eigenvalue weighted by Crippen LogP contribution is -2.30. The summed E-state index contributed by atoms with van der Waals surface area (Å²) in [6.45, 7) is 4.41. The first-order chi connectivity index (χ1) is 9.79. The third kappa shape index (κ3) is 4.76. The molecule has 2 unspecified atom stereocenters. The Bertz CT molecular complexity index is 383. The molecule has 1 saturated heterocycles. The second-order valence-corrected chi connectivity index (χ2v) is 5.10. The van der Waals surface area contributed by atoms with Crippen molar-refractivity contribution in [1.29, 1.82) is 0 Å². The molecule has 0 radical (unpaired) electrons. The monoisotopic (exact) mass is 280 g/mol. The molecule has 5 nitrogen and oxygen atoms in total. The van der Waals surface area contributed by atoms with Crippen LogP contribution < -0.4 is 15.4 Å².